The van der Waals surface area contributed by atoms with Crippen LogP contribution in [0, 0.1) is 20.8 Å². The van der Waals surface area contributed by atoms with E-state index >= 15 is 0 Å². The average molecular weight is 516 g/mol. The van der Waals surface area contributed by atoms with Crippen molar-refractivity contribution in [2.45, 2.75) is 26.8 Å². The zero-order valence-electron chi connectivity index (χ0n) is 19.7. The van der Waals surface area contributed by atoms with Crippen LogP contribution in [-0.2, 0) is 9.59 Å². The molecule has 0 saturated carbocycles. The number of Topliss-reactive ketones (excluding diaryl/α,β-unsaturated/α-hetero) is 1. The van der Waals surface area contributed by atoms with Gasteiger partial charge >= 0.3 is 0 Å². The molecule has 1 saturated heterocycles. The van der Waals surface area contributed by atoms with Crippen LogP contribution in [0.5, 0.6) is 11.5 Å². The van der Waals surface area contributed by atoms with E-state index in [4.69, 9.17) is 37.1 Å². The molecule has 1 atom stereocenters. The molecule has 1 amide bonds. The molecule has 0 spiro atoms. The Morgan fingerprint density at radius 2 is 1.66 bits per heavy atom. The van der Waals surface area contributed by atoms with Gasteiger partial charge in [-0.25, -0.2) is 0 Å². The van der Waals surface area contributed by atoms with Gasteiger partial charge in [-0.3, -0.25) is 14.5 Å². The Bertz CT molecular complexity index is 1390. The minimum Gasteiger partial charge on any atom is -0.507 e. The summed E-state index contributed by atoms with van der Waals surface area (Å²) in [4.78, 5) is 28.0. The lowest BCUT2D eigenvalue weighted by Crippen LogP contribution is -2.29. The molecular formula is C26H23Cl2NO6. The van der Waals surface area contributed by atoms with E-state index in [1.807, 2.05) is 26.0 Å². The molecule has 1 aliphatic rings. The Morgan fingerprint density at radius 1 is 0.971 bits per heavy atom. The van der Waals surface area contributed by atoms with Crippen molar-refractivity contribution >= 4 is 46.3 Å². The van der Waals surface area contributed by atoms with E-state index in [-0.39, 0.29) is 32.7 Å². The number of carbonyl (C=O) groups is 2. The molecule has 7 nitrogen and oxygen atoms in total. The summed E-state index contributed by atoms with van der Waals surface area (Å²) in [5, 5.41) is 11.5. The summed E-state index contributed by atoms with van der Waals surface area (Å²) in [7, 11) is 2.74. The van der Waals surface area contributed by atoms with Gasteiger partial charge in [0.05, 0.1) is 30.4 Å². The highest BCUT2D eigenvalue weighted by atomic mass is 35.5. The lowest BCUT2D eigenvalue weighted by Gasteiger charge is -2.24. The van der Waals surface area contributed by atoms with E-state index < -0.39 is 23.5 Å². The van der Waals surface area contributed by atoms with Crippen LogP contribution in [0.15, 0.2) is 46.4 Å². The van der Waals surface area contributed by atoms with Gasteiger partial charge in [0.15, 0.2) is 11.5 Å². The molecule has 0 bridgehead atoms. The maximum Gasteiger partial charge on any atom is 0.300 e. The van der Waals surface area contributed by atoms with Crippen molar-refractivity contribution in [3.8, 4) is 11.5 Å². The smallest absolute Gasteiger partial charge is 0.300 e. The number of aliphatic hydroxyl groups is 1. The van der Waals surface area contributed by atoms with Gasteiger partial charge in [-0.15, -0.1) is 0 Å². The molecule has 0 aliphatic carbocycles. The highest BCUT2D eigenvalue weighted by Gasteiger charge is 2.49. The third-order valence-electron chi connectivity index (χ3n) is 6.04. The Balaban J connectivity index is 2.01. The summed E-state index contributed by atoms with van der Waals surface area (Å²) >= 11 is 12.7. The summed E-state index contributed by atoms with van der Waals surface area (Å²) in [6.07, 6.45) is 0. The SMILES string of the molecule is COc1c(Cl)cc(/C(O)=C2\C(=O)C(=O)N(c3ccc(C)c(C)c3)C2c2ccc(C)o2)c(OC)c1Cl. The highest BCUT2D eigenvalue weighted by molar-refractivity contribution is 6.51. The number of ketones is 1. The van der Waals surface area contributed by atoms with Gasteiger partial charge in [0.2, 0.25) is 0 Å². The van der Waals surface area contributed by atoms with Gasteiger partial charge in [0.25, 0.3) is 11.7 Å². The van der Waals surface area contributed by atoms with Crippen LogP contribution in [0.2, 0.25) is 10.0 Å². The lowest BCUT2D eigenvalue weighted by atomic mass is 9.98. The number of ether oxygens (including phenoxy) is 2. The van der Waals surface area contributed by atoms with E-state index in [2.05, 4.69) is 0 Å². The Labute approximate surface area is 212 Å². The van der Waals surface area contributed by atoms with Gasteiger partial charge in [-0.05, 0) is 62.2 Å². The molecule has 35 heavy (non-hydrogen) atoms. The van der Waals surface area contributed by atoms with Crippen molar-refractivity contribution in [3.05, 3.63) is 80.2 Å². The molecule has 1 aromatic heterocycles. The van der Waals surface area contributed by atoms with Crippen molar-refractivity contribution in [2.75, 3.05) is 19.1 Å². The normalized spacial score (nSPS) is 17.2. The maximum absolute atomic E-state index is 13.4. The molecule has 3 aromatic rings. The van der Waals surface area contributed by atoms with Crippen molar-refractivity contribution in [3.63, 3.8) is 0 Å². The quantitative estimate of drug-likeness (QED) is 0.248. The number of furan rings is 1. The van der Waals surface area contributed by atoms with Crippen LogP contribution in [0.3, 0.4) is 0 Å². The number of rotatable bonds is 5. The topological polar surface area (TPSA) is 89.2 Å². The Morgan fingerprint density at radius 3 is 2.23 bits per heavy atom. The van der Waals surface area contributed by atoms with Crippen LogP contribution >= 0.6 is 23.2 Å². The number of halogens is 2. The fraction of sp³-hybridized carbons (Fsp3) is 0.231. The van der Waals surface area contributed by atoms with E-state index in [0.29, 0.717) is 17.2 Å². The number of hydrogen-bond donors (Lipinski definition) is 1. The molecule has 2 aromatic carbocycles. The fourth-order valence-electron chi connectivity index (χ4n) is 4.14. The molecule has 9 heteroatoms. The third kappa shape index (κ3) is 4.05. The monoisotopic (exact) mass is 515 g/mol. The zero-order chi connectivity index (χ0) is 25.6. The molecular weight excluding hydrogens is 493 g/mol. The molecule has 1 fully saturated rings. The number of amides is 1. The number of anilines is 1. The van der Waals surface area contributed by atoms with Crippen LogP contribution in [0.25, 0.3) is 5.76 Å². The van der Waals surface area contributed by atoms with Gasteiger partial charge in [-0.2, -0.15) is 0 Å². The number of methoxy groups -OCH3 is 2. The van der Waals surface area contributed by atoms with E-state index in [1.54, 1.807) is 25.1 Å². The van der Waals surface area contributed by atoms with Crippen LogP contribution < -0.4 is 14.4 Å². The van der Waals surface area contributed by atoms with Crippen molar-refractivity contribution in [1.29, 1.82) is 0 Å². The number of nitrogens with zero attached hydrogens (tertiary/aromatic N) is 1. The second-order valence-electron chi connectivity index (χ2n) is 8.17. The molecule has 1 aliphatic heterocycles. The van der Waals surface area contributed by atoms with Gasteiger partial charge in [0.1, 0.15) is 28.3 Å². The number of carbonyl (C=O) groups excluding carboxylic acids is 2. The Kier molecular flexibility index (Phi) is 6.58. The number of hydrogen-bond acceptors (Lipinski definition) is 6. The average Bonchev–Trinajstić information content (AvgIpc) is 3.36. The minimum absolute atomic E-state index is 0.0119. The number of benzene rings is 2. The first-order valence-corrected chi connectivity index (χ1v) is 11.4. The third-order valence-corrected chi connectivity index (χ3v) is 6.66. The summed E-state index contributed by atoms with van der Waals surface area (Å²) in [6, 6.07) is 9.14. The first kappa shape index (κ1) is 24.7. The molecule has 2 heterocycles. The predicted molar refractivity (Wildman–Crippen MR) is 134 cm³/mol. The van der Waals surface area contributed by atoms with Crippen molar-refractivity contribution < 1.29 is 28.6 Å². The second-order valence-corrected chi connectivity index (χ2v) is 8.96. The predicted octanol–water partition coefficient (Wildman–Crippen LogP) is 6.16. The summed E-state index contributed by atoms with van der Waals surface area (Å²) < 4.78 is 16.5. The van der Waals surface area contributed by atoms with Crippen LogP contribution in [0.1, 0.15) is 34.3 Å². The van der Waals surface area contributed by atoms with E-state index in [1.165, 1.54) is 25.2 Å². The van der Waals surface area contributed by atoms with E-state index in [9.17, 15) is 14.7 Å². The van der Waals surface area contributed by atoms with E-state index in [0.717, 1.165) is 11.1 Å². The van der Waals surface area contributed by atoms with Gasteiger partial charge in [-0.1, -0.05) is 29.3 Å². The molecule has 182 valence electrons. The second kappa shape index (κ2) is 9.32. The first-order valence-electron chi connectivity index (χ1n) is 10.7. The summed E-state index contributed by atoms with van der Waals surface area (Å²) in [6.45, 7) is 5.61. The van der Waals surface area contributed by atoms with Gasteiger partial charge < -0.3 is 19.0 Å². The summed E-state index contributed by atoms with van der Waals surface area (Å²) in [5.41, 5.74) is 2.32. The van der Waals surface area contributed by atoms with Crippen molar-refractivity contribution in [1.82, 2.24) is 0 Å². The number of aliphatic hydroxyl groups excluding tert-OH is 1. The molecule has 1 unspecified atom stereocenters. The molecule has 0 radical (unpaired) electrons. The largest absolute Gasteiger partial charge is 0.507 e. The standard InChI is InChI=1S/C26H23Cl2NO6/c1-12-6-8-15(10-13(12)2)29-21(18-9-7-14(3)35-18)19(23(31)26(29)32)22(30)16-11-17(27)25(34-5)20(28)24(16)33-4/h6-11,21,30H,1-5H3/b22-19+. The highest BCUT2D eigenvalue weighted by Crippen LogP contribution is 2.48. The molecule has 1 N–H and O–H groups in total. The summed E-state index contributed by atoms with van der Waals surface area (Å²) in [5.74, 6) is -1.11. The Hall–Kier alpha value is -3.42. The van der Waals surface area contributed by atoms with Crippen LogP contribution in [-0.4, -0.2) is 31.0 Å². The number of aryl methyl sites for hydroxylation is 3. The zero-order valence-corrected chi connectivity index (χ0v) is 21.2. The van der Waals surface area contributed by atoms with Crippen LogP contribution in [0.4, 0.5) is 5.69 Å². The van der Waals surface area contributed by atoms with Crippen molar-refractivity contribution in [2.24, 2.45) is 0 Å². The fourth-order valence-corrected chi connectivity index (χ4v) is 4.82. The maximum atomic E-state index is 13.4. The first-order chi connectivity index (χ1) is 16.6. The lowest BCUT2D eigenvalue weighted by molar-refractivity contribution is -0.132. The minimum atomic E-state index is -1.03. The molecule has 4 rings (SSSR count). The van der Waals surface area contributed by atoms with Gasteiger partial charge in [0, 0.05) is 5.69 Å².